The van der Waals surface area contributed by atoms with Crippen LogP contribution in [-0.2, 0) is 6.54 Å². The third-order valence-corrected chi connectivity index (χ3v) is 3.23. The molecule has 1 aromatic carbocycles. The van der Waals surface area contributed by atoms with Gasteiger partial charge in [0.05, 0.1) is 0 Å². The second-order valence-electron chi connectivity index (χ2n) is 3.79. The summed E-state index contributed by atoms with van der Waals surface area (Å²) in [5.41, 5.74) is 2.65. The van der Waals surface area contributed by atoms with E-state index in [4.69, 9.17) is 0 Å². The largest absolute Gasteiger partial charge is 0.310 e. The summed E-state index contributed by atoms with van der Waals surface area (Å²) >= 11 is 3.56. The Bertz CT molecular complexity index is 296. The number of halogens is 1. The Labute approximate surface area is 95.0 Å². The van der Waals surface area contributed by atoms with Gasteiger partial charge in [-0.3, -0.25) is 0 Å². The van der Waals surface area contributed by atoms with Crippen molar-refractivity contribution < 1.29 is 0 Å². The Kier molecular flexibility index (Phi) is 4.63. The third kappa shape index (κ3) is 3.43. The molecule has 0 aliphatic rings. The molecule has 0 saturated carbocycles. The SMILES string of the molecule is CCC(C)NCc1cc(C)ccc1Br. The predicted octanol–water partition coefficient (Wildman–Crippen LogP) is 3.65. The van der Waals surface area contributed by atoms with E-state index in [9.17, 15) is 0 Å². The molecule has 78 valence electrons. The molecule has 0 aliphatic heterocycles. The molecule has 1 aromatic rings. The summed E-state index contributed by atoms with van der Waals surface area (Å²) in [7, 11) is 0. The first-order chi connectivity index (χ1) is 6.63. The van der Waals surface area contributed by atoms with Gasteiger partial charge in [0.15, 0.2) is 0 Å². The van der Waals surface area contributed by atoms with E-state index in [0.717, 1.165) is 6.54 Å². The van der Waals surface area contributed by atoms with Crippen molar-refractivity contribution in [1.82, 2.24) is 5.32 Å². The van der Waals surface area contributed by atoms with E-state index < -0.39 is 0 Å². The molecule has 0 aliphatic carbocycles. The van der Waals surface area contributed by atoms with Gasteiger partial charge in [-0.1, -0.05) is 40.5 Å². The van der Waals surface area contributed by atoms with Crippen molar-refractivity contribution >= 4 is 15.9 Å². The number of hydrogen-bond acceptors (Lipinski definition) is 1. The van der Waals surface area contributed by atoms with Gasteiger partial charge in [0.2, 0.25) is 0 Å². The summed E-state index contributed by atoms with van der Waals surface area (Å²) in [6.07, 6.45) is 1.17. The van der Waals surface area contributed by atoms with Crippen molar-refractivity contribution in [1.29, 1.82) is 0 Å². The van der Waals surface area contributed by atoms with Gasteiger partial charge < -0.3 is 5.32 Å². The first-order valence-corrected chi connectivity index (χ1v) is 5.91. The maximum Gasteiger partial charge on any atom is 0.0220 e. The van der Waals surface area contributed by atoms with Crippen LogP contribution in [0.1, 0.15) is 31.4 Å². The van der Waals surface area contributed by atoms with Gasteiger partial charge in [0, 0.05) is 17.1 Å². The number of hydrogen-bond donors (Lipinski definition) is 1. The van der Waals surface area contributed by atoms with Crippen LogP contribution in [0.2, 0.25) is 0 Å². The zero-order valence-electron chi connectivity index (χ0n) is 9.10. The smallest absolute Gasteiger partial charge is 0.0220 e. The average molecular weight is 256 g/mol. The lowest BCUT2D eigenvalue weighted by molar-refractivity contribution is 0.533. The summed E-state index contributed by atoms with van der Waals surface area (Å²) in [4.78, 5) is 0. The van der Waals surface area contributed by atoms with E-state index in [0.29, 0.717) is 6.04 Å². The maximum atomic E-state index is 3.56. The quantitative estimate of drug-likeness (QED) is 0.867. The number of aryl methyl sites for hydroxylation is 1. The molecule has 1 unspecified atom stereocenters. The number of benzene rings is 1. The molecule has 0 spiro atoms. The summed E-state index contributed by atoms with van der Waals surface area (Å²) in [6, 6.07) is 7.04. The van der Waals surface area contributed by atoms with E-state index in [1.807, 2.05) is 0 Å². The maximum absolute atomic E-state index is 3.56. The van der Waals surface area contributed by atoms with E-state index in [1.165, 1.54) is 22.0 Å². The van der Waals surface area contributed by atoms with Crippen molar-refractivity contribution in [2.75, 3.05) is 0 Å². The minimum Gasteiger partial charge on any atom is -0.310 e. The monoisotopic (exact) mass is 255 g/mol. The highest BCUT2D eigenvalue weighted by atomic mass is 79.9. The fraction of sp³-hybridized carbons (Fsp3) is 0.500. The normalized spacial score (nSPS) is 12.9. The summed E-state index contributed by atoms with van der Waals surface area (Å²) in [5.74, 6) is 0. The molecule has 14 heavy (non-hydrogen) atoms. The van der Waals surface area contributed by atoms with Gasteiger partial charge in [0.25, 0.3) is 0 Å². The molecule has 1 rings (SSSR count). The lowest BCUT2D eigenvalue weighted by Gasteiger charge is -2.12. The van der Waals surface area contributed by atoms with Crippen molar-refractivity contribution in [2.45, 2.75) is 39.8 Å². The van der Waals surface area contributed by atoms with Crippen LogP contribution in [0, 0.1) is 6.92 Å². The molecule has 0 bridgehead atoms. The van der Waals surface area contributed by atoms with E-state index >= 15 is 0 Å². The fourth-order valence-electron chi connectivity index (χ4n) is 1.27. The number of rotatable bonds is 4. The first-order valence-electron chi connectivity index (χ1n) is 5.12. The van der Waals surface area contributed by atoms with E-state index in [2.05, 4.69) is 60.2 Å². The highest BCUT2D eigenvalue weighted by Gasteiger charge is 2.02. The molecule has 0 radical (unpaired) electrons. The molecular weight excluding hydrogens is 238 g/mol. The summed E-state index contributed by atoms with van der Waals surface area (Å²) in [5, 5.41) is 3.49. The van der Waals surface area contributed by atoms with Gasteiger partial charge in [0.1, 0.15) is 0 Å². The van der Waals surface area contributed by atoms with Crippen LogP contribution in [0.4, 0.5) is 0 Å². The number of nitrogens with one attached hydrogen (secondary N) is 1. The first kappa shape index (κ1) is 11.7. The Morgan fingerprint density at radius 2 is 2.14 bits per heavy atom. The van der Waals surface area contributed by atoms with E-state index in [-0.39, 0.29) is 0 Å². The lowest BCUT2D eigenvalue weighted by atomic mass is 10.1. The minimum atomic E-state index is 0.586. The highest BCUT2D eigenvalue weighted by molar-refractivity contribution is 9.10. The topological polar surface area (TPSA) is 12.0 Å². The van der Waals surface area contributed by atoms with Gasteiger partial charge in [-0.25, -0.2) is 0 Å². The van der Waals surface area contributed by atoms with Crippen molar-refractivity contribution in [3.05, 3.63) is 33.8 Å². The van der Waals surface area contributed by atoms with Crippen LogP contribution in [0.15, 0.2) is 22.7 Å². The Morgan fingerprint density at radius 1 is 1.43 bits per heavy atom. The molecule has 1 nitrogen and oxygen atoms in total. The van der Waals surface area contributed by atoms with Crippen LogP contribution >= 0.6 is 15.9 Å². The van der Waals surface area contributed by atoms with Crippen molar-refractivity contribution in [3.63, 3.8) is 0 Å². The van der Waals surface area contributed by atoms with Crippen LogP contribution in [0.25, 0.3) is 0 Å². The standard InChI is InChI=1S/C12H18BrN/c1-4-10(3)14-8-11-7-9(2)5-6-12(11)13/h5-7,10,14H,4,8H2,1-3H3. The zero-order chi connectivity index (χ0) is 10.6. The Balaban J connectivity index is 2.62. The molecule has 0 aromatic heterocycles. The lowest BCUT2D eigenvalue weighted by Crippen LogP contribution is -2.24. The molecule has 0 saturated heterocycles. The molecule has 2 heteroatoms. The zero-order valence-corrected chi connectivity index (χ0v) is 10.7. The molecule has 0 heterocycles. The van der Waals surface area contributed by atoms with Gasteiger partial charge >= 0.3 is 0 Å². The molecule has 0 amide bonds. The second kappa shape index (κ2) is 5.52. The third-order valence-electron chi connectivity index (χ3n) is 2.45. The van der Waals surface area contributed by atoms with Gasteiger partial charge in [-0.15, -0.1) is 0 Å². The van der Waals surface area contributed by atoms with E-state index in [1.54, 1.807) is 0 Å². The minimum absolute atomic E-state index is 0.586. The molecule has 1 N–H and O–H groups in total. The van der Waals surface area contributed by atoms with Gasteiger partial charge in [-0.05, 0) is 31.9 Å². The Morgan fingerprint density at radius 3 is 2.79 bits per heavy atom. The van der Waals surface area contributed by atoms with Crippen LogP contribution < -0.4 is 5.32 Å². The van der Waals surface area contributed by atoms with Gasteiger partial charge in [-0.2, -0.15) is 0 Å². The summed E-state index contributed by atoms with van der Waals surface area (Å²) < 4.78 is 1.19. The highest BCUT2D eigenvalue weighted by Crippen LogP contribution is 2.17. The van der Waals surface area contributed by atoms with Crippen LogP contribution in [0.5, 0.6) is 0 Å². The molecule has 0 fully saturated rings. The Hall–Kier alpha value is -0.340. The molecule has 1 atom stereocenters. The second-order valence-corrected chi connectivity index (χ2v) is 4.64. The van der Waals surface area contributed by atoms with Crippen molar-refractivity contribution in [2.24, 2.45) is 0 Å². The average Bonchev–Trinajstić information content (AvgIpc) is 2.19. The summed E-state index contributed by atoms with van der Waals surface area (Å²) in [6.45, 7) is 7.48. The predicted molar refractivity (Wildman–Crippen MR) is 65.5 cm³/mol. The molecular formula is C12H18BrN. The van der Waals surface area contributed by atoms with Crippen LogP contribution in [0.3, 0.4) is 0 Å². The van der Waals surface area contributed by atoms with Crippen LogP contribution in [-0.4, -0.2) is 6.04 Å². The van der Waals surface area contributed by atoms with Crippen molar-refractivity contribution in [3.8, 4) is 0 Å². The fourth-order valence-corrected chi connectivity index (χ4v) is 1.65.